The zero-order valence-electron chi connectivity index (χ0n) is 12.8. The molecule has 7 heteroatoms. The Bertz CT molecular complexity index is 672. The second kappa shape index (κ2) is 7.13. The Balaban J connectivity index is 2.14. The van der Waals surface area contributed by atoms with Crippen molar-refractivity contribution in [2.45, 2.75) is 13.8 Å². The molecule has 0 radical (unpaired) electrons. The second-order valence-corrected chi connectivity index (χ2v) is 4.88. The third-order valence-corrected chi connectivity index (χ3v) is 3.61. The van der Waals surface area contributed by atoms with E-state index in [1.54, 1.807) is 6.07 Å². The van der Waals surface area contributed by atoms with E-state index in [9.17, 15) is 9.18 Å². The van der Waals surface area contributed by atoms with Gasteiger partial charge >= 0.3 is 0 Å². The van der Waals surface area contributed by atoms with Gasteiger partial charge in [0.05, 0.1) is 5.69 Å². The smallest absolute Gasteiger partial charge is 0.274 e. The maximum absolute atomic E-state index is 13.6. The lowest BCUT2D eigenvalue weighted by Gasteiger charge is -2.18. The number of carbonyl (C=O) groups is 1. The van der Waals surface area contributed by atoms with Crippen LogP contribution < -0.4 is 11.1 Å². The SMILES string of the molecule is CCN(CC)CCNC(=O)c1nnc2c(F)cccc2c1N. The number of nitrogen functional groups attached to an aromatic ring is 1. The molecule has 2 rings (SSSR count). The number of nitrogens with one attached hydrogen (secondary N) is 1. The summed E-state index contributed by atoms with van der Waals surface area (Å²) in [5.74, 6) is -0.909. The van der Waals surface area contributed by atoms with Gasteiger partial charge in [0, 0.05) is 18.5 Å². The average molecular weight is 305 g/mol. The van der Waals surface area contributed by atoms with Crippen LogP contribution in [0.5, 0.6) is 0 Å². The van der Waals surface area contributed by atoms with Gasteiger partial charge in [-0.3, -0.25) is 4.79 Å². The van der Waals surface area contributed by atoms with Crippen LogP contribution in [0.25, 0.3) is 10.9 Å². The van der Waals surface area contributed by atoms with Crippen LogP contribution in [0.2, 0.25) is 0 Å². The zero-order chi connectivity index (χ0) is 16.1. The number of fused-ring (bicyclic) bond motifs is 1. The second-order valence-electron chi connectivity index (χ2n) is 4.88. The minimum Gasteiger partial charge on any atom is -0.396 e. The molecule has 0 saturated heterocycles. The number of nitrogens with two attached hydrogens (primary N) is 1. The molecule has 3 N–H and O–H groups in total. The molecule has 2 aromatic rings. The first-order valence-electron chi connectivity index (χ1n) is 7.29. The fourth-order valence-electron chi connectivity index (χ4n) is 2.23. The largest absolute Gasteiger partial charge is 0.396 e. The molecule has 118 valence electrons. The highest BCUT2D eigenvalue weighted by Crippen LogP contribution is 2.22. The summed E-state index contributed by atoms with van der Waals surface area (Å²) in [6, 6.07) is 4.42. The lowest BCUT2D eigenvalue weighted by atomic mass is 10.1. The summed E-state index contributed by atoms with van der Waals surface area (Å²) in [6.07, 6.45) is 0. The molecule has 1 aromatic carbocycles. The van der Waals surface area contributed by atoms with Gasteiger partial charge in [-0.05, 0) is 19.2 Å². The highest BCUT2D eigenvalue weighted by molar-refractivity contribution is 6.04. The molecule has 0 atom stereocenters. The number of amides is 1. The third kappa shape index (κ3) is 3.30. The summed E-state index contributed by atoms with van der Waals surface area (Å²) < 4.78 is 13.6. The number of rotatable bonds is 6. The molecule has 0 aliphatic heterocycles. The monoisotopic (exact) mass is 305 g/mol. The van der Waals surface area contributed by atoms with Gasteiger partial charge in [0.1, 0.15) is 5.52 Å². The lowest BCUT2D eigenvalue weighted by molar-refractivity contribution is 0.0944. The maximum atomic E-state index is 13.6. The van der Waals surface area contributed by atoms with Crippen LogP contribution in [0.3, 0.4) is 0 Å². The summed E-state index contributed by atoms with van der Waals surface area (Å²) in [5.41, 5.74) is 6.17. The number of likely N-dealkylation sites (N-methyl/N-ethyl adjacent to an activating group) is 1. The lowest BCUT2D eigenvalue weighted by Crippen LogP contribution is -2.35. The van der Waals surface area contributed by atoms with E-state index in [-0.39, 0.29) is 16.9 Å². The van der Waals surface area contributed by atoms with Crippen molar-refractivity contribution in [3.05, 3.63) is 29.7 Å². The zero-order valence-corrected chi connectivity index (χ0v) is 12.8. The van der Waals surface area contributed by atoms with Gasteiger partial charge in [-0.1, -0.05) is 26.0 Å². The maximum Gasteiger partial charge on any atom is 0.274 e. The van der Waals surface area contributed by atoms with E-state index in [1.165, 1.54) is 12.1 Å². The van der Waals surface area contributed by atoms with Gasteiger partial charge in [0.2, 0.25) is 0 Å². The summed E-state index contributed by atoms with van der Waals surface area (Å²) >= 11 is 0. The van der Waals surface area contributed by atoms with Crippen LogP contribution in [-0.2, 0) is 0 Å². The van der Waals surface area contributed by atoms with Crippen molar-refractivity contribution in [2.75, 3.05) is 31.9 Å². The third-order valence-electron chi connectivity index (χ3n) is 3.61. The predicted octanol–water partition coefficient (Wildman–Crippen LogP) is 1.42. The highest BCUT2D eigenvalue weighted by atomic mass is 19.1. The van der Waals surface area contributed by atoms with Gasteiger partial charge in [-0.2, -0.15) is 0 Å². The molecule has 0 fully saturated rings. The Labute approximate surface area is 128 Å². The molecule has 1 aromatic heterocycles. The van der Waals surface area contributed by atoms with E-state index in [1.807, 2.05) is 0 Å². The summed E-state index contributed by atoms with van der Waals surface area (Å²) in [6.45, 7) is 7.20. The van der Waals surface area contributed by atoms with E-state index in [2.05, 4.69) is 34.3 Å². The number of hydrogen-bond donors (Lipinski definition) is 2. The molecule has 0 unspecified atom stereocenters. The number of carbonyl (C=O) groups excluding carboxylic acids is 1. The number of halogens is 1. The Kier molecular flexibility index (Phi) is 5.21. The molecule has 0 aliphatic rings. The Morgan fingerprint density at radius 3 is 2.73 bits per heavy atom. The predicted molar refractivity (Wildman–Crippen MR) is 84.0 cm³/mol. The van der Waals surface area contributed by atoms with E-state index in [0.717, 1.165) is 19.6 Å². The molecule has 0 saturated carbocycles. The minimum atomic E-state index is -0.509. The Morgan fingerprint density at radius 2 is 2.05 bits per heavy atom. The van der Waals surface area contributed by atoms with Crippen molar-refractivity contribution in [3.63, 3.8) is 0 Å². The summed E-state index contributed by atoms with van der Waals surface area (Å²) in [4.78, 5) is 14.3. The normalized spacial score (nSPS) is 11.1. The van der Waals surface area contributed by atoms with Crippen LogP contribution in [0, 0.1) is 5.82 Å². The van der Waals surface area contributed by atoms with Crippen molar-refractivity contribution < 1.29 is 9.18 Å². The van der Waals surface area contributed by atoms with Gasteiger partial charge < -0.3 is 16.0 Å². The van der Waals surface area contributed by atoms with Crippen molar-refractivity contribution in [3.8, 4) is 0 Å². The fourth-order valence-corrected chi connectivity index (χ4v) is 2.23. The molecule has 0 spiro atoms. The van der Waals surface area contributed by atoms with Gasteiger partial charge in [0.25, 0.3) is 5.91 Å². The molecule has 22 heavy (non-hydrogen) atoms. The number of hydrogen-bond acceptors (Lipinski definition) is 5. The van der Waals surface area contributed by atoms with Crippen LogP contribution in [0.1, 0.15) is 24.3 Å². The standard InChI is InChI=1S/C15H20FN5O/c1-3-21(4-2)9-8-18-15(22)14-12(17)10-6-5-7-11(16)13(10)19-20-14/h5-7H,3-4,8-9H2,1-2H3,(H2,17,19)(H,18,22). The van der Waals surface area contributed by atoms with Crippen molar-refractivity contribution in [1.82, 2.24) is 20.4 Å². The molecule has 1 amide bonds. The van der Waals surface area contributed by atoms with E-state index < -0.39 is 11.7 Å². The van der Waals surface area contributed by atoms with Crippen LogP contribution in [0.4, 0.5) is 10.1 Å². The number of benzene rings is 1. The molecular weight excluding hydrogens is 285 g/mol. The topological polar surface area (TPSA) is 84.1 Å². The fraction of sp³-hybridized carbons (Fsp3) is 0.400. The first-order valence-corrected chi connectivity index (χ1v) is 7.29. The van der Waals surface area contributed by atoms with Crippen LogP contribution >= 0.6 is 0 Å². The van der Waals surface area contributed by atoms with E-state index in [0.29, 0.717) is 11.9 Å². The minimum absolute atomic E-state index is 0.0256. The number of aromatic nitrogens is 2. The summed E-state index contributed by atoms with van der Waals surface area (Å²) in [5, 5.41) is 10.7. The van der Waals surface area contributed by atoms with Gasteiger partial charge in [-0.25, -0.2) is 4.39 Å². The molecule has 6 nitrogen and oxygen atoms in total. The molecule has 1 heterocycles. The van der Waals surface area contributed by atoms with Crippen LogP contribution in [-0.4, -0.2) is 47.2 Å². The average Bonchev–Trinajstić information content (AvgIpc) is 2.52. The molecular formula is C15H20FN5O. The first kappa shape index (κ1) is 16.1. The van der Waals surface area contributed by atoms with Crippen LogP contribution in [0.15, 0.2) is 18.2 Å². The molecule has 0 aliphatic carbocycles. The number of nitrogens with zero attached hydrogens (tertiary/aromatic N) is 3. The van der Waals surface area contributed by atoms with Gasteiger partial charge in [0.15, 0.2) is 11.5 Å². The van der Waals surface area contributed by atoms with Crippen molar-refractivity contribution >= 4 is 22.5 Å². The Morgan fingerprint density at radius 1 is 1.32 bits per heavy atom. The Hall–Kier alpha value is -2.28. The van der Waals surface area contributed by atoms with E-state index >= 15 is 0 Å². The quantitative estimate of drug-likeness (QED) is 0.843. The van der Waals surface area contributed by atoms with Crippen molar-refractivity contribution in [2.24, 2.45) is 0 Å². The molecule has 0 bridgehead atoms. The van der Waals surface area contributed by atoms with Crippen molar-refractivity contribution in [1.29, 1.82) is 0 Å². The highest BCUT2D eigenvalue weighted by Gasteiger charge is 2.16. The van der Waals surface area contributed by atoms with Gasteiger partial charge in [-0.15, -0.1) is 10.2 Å². The summed E-state index contributed by atoms with van der Waals surface area (Å²) in [7, 11) is 0. The first-order chi connectivity index (χ1) is 10.6. The van der Waals surface area contributed by atoms with E-state index in [4.69, 9.17) is 5.73 Å². The number of anilines is 1.